The number of aryl methyl sites for hydroxylation is 3. The number of nitrogens with zero attached hydrogens (tertiary/aromatic N) is 3. The van der Waals surface area contributed by atoms with E-state index in [2.05, 4.69) is 11.2 Å². The molecule has 0 bridgehead atoms. The van der Waals surface area contributed by atoms with Gasteiger partial charge in [-0.1, -0.05) is 6.07 Å². The third-order valence-electron chi connectivity index (χ3n) is 4.48. The zero-order valence-corrected chi connectivity index (χ0v) is 13.6. The smallest absolute Gasteiger partial charge is 0.119 e. The fourth-order valence-electron chi connectivity index (χ4n) is 3.03. The fraction of sp³-hybridized carbons (Fsp3) is 0.222. The molecule has 0 saturated carbocycles. The molecule has 0 saturated heterocycles. The Morgan fingerprint density at radius 1 is 1.22 bits per heavy atom. The lowest BCUT2D eigenvalue weighted by molar-refractivity contribution is 0.471. The molecule has 5 heteroatoms. The van der Waals surface area contributed by atoms with Gasteiger partial charge in [0.2, 0.25) is 0 Å². The Morgan fingerprint density at radius 3 is 2.57 bits per heavy atom. The van der Waals surface area contributed by atoms with Crippen LogP contribution in [0.2, 0.25) is 0 Å². The lowest BCUT2D eigenvalue weighted by Crippen LogP contribution is -1.99. The maximum absolute atomic E-state index is 10.1. The first-order valence-corrected chi connectivity index (χ1v) is 7.32. The molecule has 2 aromatic carbocycles. The van der Waals surface area contributed by atoms with E-state index in [1.807, 2.05) is 33.9 Å². The normalized spacial score (nSPS) is 10.9. The van der Waals surface area contributed by atoms with Crippen molar-refractivity contribution in [3.05, 3.63) is 40.6 Å². The number of benzene rings is 2. The fourth-order valence-corrected chi connectivity index (χ4v) is 3.03. The number of nitriles is 1. The number of aromatic nitrogens is 2. The quantitative estimate of drug-likeness (QED) is 0.675. The topological polar surface area (TPSA) is 87.9 Å². The maximum atomic E-state index is 10.1. The average molecular weight is 306 g/mol. The first-order valence-electron chi connectivity index (χ1n) is 7.32. The molecule has 1 aromatic heterocycles. The summed E-state index contributed by atoms with van der Waals surface area (Å²) in [6, 6.07) is 7.46. The number of hydrogen-bond acceptors (Lipinski definition) is 4. The summed E-state index contributed by atoms with van der Waals surface area (Å²) in [5.74, 6) is 0.202. The number of aromatic hydroxyl groups is 1. The molecule has 3 N–H and O–H groups in total. The highest BCUT2D eigenvalue weighted by Gasteiger charge is 2.21. The summed E-state index contributed by atoms with van der Waals surface area (Å²) < 4.78 is 1.78. The van der Waals surface area contributed by atoms with E-state index >= 15 is 0 Å². The SMILES string of the molecule is Cc1ccc(O)c(C)c1-c1c(N)c(C#N)cc2c(C)n(C)nc12. The molecule has 116 valence electrons. The van der Waals surface area contributed by atoms with Crippen LogP contribution in [0, 0.1) is 32.1 Å². The van der Waals surface area contributed by atoms with E-state index < -0.39 is 0 Å². The second kappa shape index (κ2) is 5.03. The molecule has 5 nitrogen and oxygen atoms in total. The van der Waals surface area contributed by atoms with E-state index in [9.17, 15) is 10.4 Å². The summed E-state index contributed by atoms with van der Waals surface area (Å²) in [5, 5.41) is 25.0. The van der Waals surface area contributed by atoms with E-state index in [1.54, 1.807) is 16.8 Å². The molecular weight excluding hydrogens is 288 g/mol. The number of hydrogen-bond donors (Lipinski definition) is 2. The van der Waals surface area contributed by atoms with E-state index in [0.29, 0.717) is 16.8 Å². The van der Waals surface area contributed by atoms with E-state index in [0.717, 1.165) is 33.3 Å². The number of phenols is 1. The molecule has 0 atom stereocenters. The van der Waals surface area contributed by atoms with Crippen LogP contribution < -0.4 is 5.73 Å². The van der Waals surface area contributed by atoms with Crippen LogP contribution in [-0.4, -0.2) is 14.9 Å². The number of nitrogens with two attached hydrogens (primary N) is 1. The van der Waals surface area contributed by atoms with Gasteiger partial charge < -0.3 is 10.8 Å². The van der Waals surface area contributed by atoms with Crippen molar-refractivity contribution in [1.82, 2.24) is 9.78 Å². The molecule has 0 aliphatic rings. The molecular formula is C18H18N4O. The van der Waals surface area contributed by atoms with Crippen molar-refractivity contribution in [2.24, 2.45) is 7.05 Å². The molecule has 0 amide bonds. The second-order valence-electron chi connectivity index (χ2n) is 5.83. The van der Waals surface area contributed by atoms with Gasteiger partial charge in [0.15, 0.2) is 0 Å². The molecule has 0 fully saturated rings. The van der Waals surface area contributed by atoms with Crippen molar-refractivity contribution in [3.8, 4) is 22.9 Å². The van der Waals surface area contributed by atoms with Gasteiger partial charge in [0, 0.05) is 23.7 Å². The van der Waals surface area contributed by atoms with Crippen LogP contribution in [0.5, 0.6) is 5.75 Å². The van der Waals surface area contributed by atoms with Gasteiger partial charge >= 0.3 is 0 Å². The first-order chi connectivity index (χ1) is 10.9. The van der Waals surface area contributed by atoms with Gasteiger partial charge in [0.1, 0.15) is 17.3 Å². The predicted molar refractivity (Wildman–Crippen MR) is 91.2 cm³/mol. The van der Waals surface area contributed by atoms with Crippen LogP contribution in [0.1, 0.15) is 22.4 Å². The molecule has 23 heavy (non-hydrogen) atoms. The van der Waals surface area contributed by atoms with E-state index in [4.69, 9.17) is 5.73 Å². The highest BCUT2D eigenvalue weighted by Crippen LogP contribution is 2.41. The summed E-state index contributed by atoms with van der Waals surface area (Å²) in [7, 11) is 1.86. The van der Waals surface area contributed by atoms with Crippen LogP contribution in [0.4, 0.5) is 5.69 Å². The van der Waals surface area contributed by atoms with Gasteiger partial charge in [-0.3, -0.25) is 4.68 Å². The first kappa shape index (κ1) is 14.9. The summed E-state index contributed by atoms with van der Waals surface area (Å²) >= 11 is 0. The summed E-state index contributed by atoms with van der Waals surface area (Å²) in [6.45, 7) is 5.76. The predicted octanol–water partition coefficient (Wildman–Crippen LogP) is 3.33. The van der Waals surface area contributed by atoms with E-state index in [1.165, 1.54) is 0 Å². The second-order valence-corrected chi connectivity index (χ2v) is 5.83. The Labute approximate surface area is 134 Å². The molecule has 0 spiro atoms. The van der Waals surface area contributed by atoms with Gasteiger partial charge in [-0.15, -0.1) is 0 Å². The zero-order chi connectivity index (χ0) is 16.9. The van der Waals surface area contributed by atoms with Gasteiger partial charge in [-0.25, -0.2) is 0 Å². The van der Waals surface area contributed by atoms with Crippen molar-refractivity contribution < 1.29 is 5.11 Å². The third kappa shape index (κ3) is 2.03. The highest BCUT2D eigenvalue weighted by atomic mass is 16.3. The largest absolute Gasteiger partial charge is 0.508 e. The van der Waals surface area contributed by atoms with E-state index in [-0.39, 0.29) is 5.75 Å². The van der Waals surface area contributed by atoms with Crippen molar-refractivity contribution in [2.45, 2.75) is 20.8 Å². The van der Waals surface area contributed by atoms with Crippen molar-refractivity contribution in [3.63, 3.8) is 0 Å². The van der Waals surface area contributed by atoms with Crippen LogP contribution in [0.3, 0.4) is 0 Å². The lowest BCUT2D eigenvalue weighted by Gasteiger charge is -2.15. The zero-order valence-electron chi connectivity index (χ0n) is 13.6. The minimum atomic E-state index is 0.202. The van der Waals surface area contributed by atoms with Gasteiger partial charge in [0.05, 0.1) is 11.3 Å². The number of nitrogen functional groups attached to an aromatic ring is 1. The Kier molecular flexibility index (Phi) is 3.26. The Hall–Kier alpha value is -3.00. The van der Waals surface area contributed by atoms with Crippen LogP contribution in [-0.2, 0) is 7.05 Å². The summed E-state index contributed by atoms with van der Waals surface area (Å²) in [6.07, 6.45) is 0. The minimum absolute atomic E-state index is 0.202. The van der Waals surface area contributed by atoms with Crippen molar-refractivity contribution >= 4 is 16.6 Å². The van der Waals surface area contributed by atoms with Crippen LogP contribution in [0.25, 0.3) is 22.0 Å². The van der Waals surface area contributed by atoms with Gasteiger partial charge in [0.25, 0.3) is 0 Å². The molecule has 3 rings (SSSR count). The number of rotatable bonds is 1. The number of anilines is 1. The number of fused-ring (bicyclic) bond motifs is 1. The Morgan fingerprint density at radius 2 is 1.91 bits per heavy atom. The van der Waals surface area contributed by atoms with Crippen molar-refractivity contribution in [1.29, 1.82) is 5.26 Å². The molecule has 0 unspecified atom stereocenters. The van der Waals surface area contributed by atoms with Gasteiger partial charge in [-0.05, 0) is 49.6 Å². The summed E-state index contributed by atoms with van der Waals surface area (Å²) in [5.41, 5.74) is 12.1. The Balaban J connectivity index is 2.57. The highest BCUT2D eigenvalue weighted by molar-refractivity contribution is 6.04. The maximum Gasteiger partial charge on any atom is 0.119 e. The molecule has 0 radical (unpaired) electrons. The van der Waals surface area contributed by atoms with Crippen LogP contribution in [0.15, 0.2) is 18.2 Å². The molecule has 1 heterocycles. The molecule has 0 aliphatic carbocycles. The standard InChI is InChI=1S/C18H18N4O/c1-9-5-6-14(23)10(2)15(9)16-17(20)12(8-19)7-13-11(3)22(4)21-18(13)16/h5-7,23H,20H2,1-4H3. The lowest BCUT2D eigenvalue weighted by atomic mass is 9.90. The van der Waals surface area contributed by atoms with Crippen molar-refractivity contribution in [2.75, 3.05) is 5.73 Å². The Bertz CT molecular complexity index is 993. The monoisotopic (exact) mass is 306 g/mol. The minimum Gasteiger partial charge on any atom is -0.508 e. The average Bonchev–Trinajstić information content (AvgIpc) is 2.80. The molecule has 3 aromatic rings. The summed E-state index contributed by atoms with van der Waals surface area (Å²) in [4.78, 5) is 0. The van der Waals surface area contributed by atoms with Gasteiger partial charge in [-0.2, -0.15) is 10.4 Å². The third-order valence-corrected chi connectivity index (χ3v) is 4.48. The molecule has 0 aliphatic heterocycles. The van der Waals surface area contributed by atoms with Crippen LogP contribution >= 0.6 is 0 Å². The number of phenolic OH excluding ortho intramolecular Hbond substituents is 1.